The average molecular weight is 420 g/mol. The van der Waals surface area contributed by atoms with Gasteiger partial charge in [-0.2, -0.15) is 0 Å². The highest BCUT2D eigenvalue weighted by atomic mass is 35.5. The van der Waals surface area contributed by atoms with E-state index in [1.54, 1.807) is 30.3 Å². The Morgan fingerprint density at radius 3 is 2.04 bits per heavy atom. The first kappa shape index (κ1) is 22.4. The van der Waals surface area contributed by atoms with Gasteiger partial charge in [-0.15, -0.1) is 12.4 Å². The van der Waals surface area contributed by atoms with Gasteiger partial charge < -0.3 is 5.73 Å². The van der Waals surface area contributed by atoms with Crippen molar-refractivity contribution in [3.8, 4) is 0 Å². The molecule has 7 nitrogen and oxygen atoms in total. The highest BCUT2D eigenvalue weighted by molar-refractivity contribution is 7.90. The minimum absolute atomic E-state index is 0. The monoisotopic (exact) mass is 419 g/mol. The summed E-state index contributed by atoms with van der Waals surface area (Å²) in [6.45, 7) is 0.0338. The third kappa shape index (κ3) is 7.30. The lowest BCUT2D eigenvalue weighted by Crippen LogP contribution is -2.35. The Balaban J connectivity index is 0.00000338. The summed E-state index contributed by atoms with van der Waals surface area (Å²) in [5.74, 6) is -0.333. The first-order chi connectivity index (χ1) is 11.8. The summed E-state index contributed by atoms with van der Waals surface area (Å²) in [7, 11) is -7.27. The predicted octanol–water partition coefficient (Wildman–Crippen LogP) is 1.13. The molecule has 0 bridgehead atoms. The molecular formula is C16H22ClN3O4S2. The molecule has 10 heteroatoms. The number of nitrogen functional groups attached to an aromatic ring is 1. The molecule has 0 atom stereocenters. The fourth-order valence-electron chi connectivity index (χ4n) is 2.10. The molecule has 0 radical (unpaired) electrons. The fourth-order valence-corrected chi connectivity index (χ4v) is 4.21. The zero-order valence-electron chi connectivity index (χ0n) is 14.0. The van der Waals surface area contributed by atoms with Crippen LogP contribution < -0.4 is 15.2 Å². The molecule has 0 spiro atoms. The third-order valence-corrected chi connectivity index (χ3v) is 6.29. The van der Waals surface area contributed by atoms with E-state index in [4.69, 9.17) is 5.73 Å². The molecule has 0 unspecified atom stereocenters. The number of benzene rings is 2. The van der Waals surface area contributed by atoms with Crippen LogP contribution in [-0.4, -0.2) is 35.7 Å². The van der Waals surface area contributed by atoms with Crippen molar-refractivity contribution in [3.63, 3.8) is 0 Å². The van der Waals surface area contributed by atoms with Gasteiger partial charge in [0.25, 0.3) is 0 Å². The van der Waals surface area contributed by atoms with Crippen LogP contribution in [0.5, 0.6) is 0 Å². The number of sulfonamides is 2. The number of rotatable bonds is 9. The molecule has 26 heavy (non-hydrogen) atoms. The van der Waals surface area contributed by atoms with Gasteiger partial charge in [0.05, 0.1) is 10.6 Å². The standard InChI is InChI=1S/C16H21N3O4S2.ClH/c17-15-8-6-14(7-9-15)10-11-18-24(20,21)13-12-19-25(22,23)16-4-2-1-3-5-16;/h1-9,18-19H,10-13,17H2;1H. The predicted molar refractivity (Wildman–Crippen MR) is 105 cm³/mol. The topological polar surface area (TPSA) is 118 Å². The van der Waals surface area contributed by atoms with Crippen LogP contribution in [0.2, 0.25) is 0 Å². The number of nitrogens with one attached hydrogen (secondary N) is 2. The molecule has 2 rings (SSSR count). The highest BCUT2D eigenvalue weighted by Gasteiger charge is 2.15. The summed E-state index contributed by atoms with van der Waals surface area (Å²) in [5, 5.41) is 0. The molecule has 0 saturated heterocycles. The smallest absolute Gasteiger partial charge is 0.240 e. The van der Waals surface area contributed by atoms with Crippen molar-refractivity contribution in [2.45, 2.75) is 11.3 Å². The van der Waals surface area contributed by atoms with Crippen molar-refractivity contribution < 1.29 is 16.8 Å². The van der Waals surface area contributed by atoms with Crippen LogP contribution >= 0.6 is 12.4 Å². The van der Waals surface area contributed by atoms with Gasteiger partial charge in [-0.1, -0.05) is 30.3 Å². The van der Waals surface area contributed by atoms with E-state index < -0.39 is 20.0 Å². The largest absolute Gasteiger partial charge is 0.399 e. The molecule has 4 N–H and O–H groups in total. The SMILES string of the molecule is Cl.Nc1ccc(CCNS(=O)(=O)CCNS(=O)(=O)c2ccccc2)cc1. The number of anilines is 1. The van der Waals surface area contributed by atoms with Crippen molar-refractivity contribution in [3.05, 3.63) is 60.2 Å². The third-order valence-electron chi connectivity index (χ3n) is 3.43. The van der Waals surface area contributed by atoms with E-state index in [0.717, 1.165) is 5.56 Å². The lowest BCUT2D eigenvalue weighted by atomic mass is 10.1. The van der Waals surface area contributed by atoms with Crippen LogP contribution in [-0.2, 0) is 26.5 Å². The molecule has 0 heterocycles. The zero-order valence-corrected chi connectivity index (χ0v) is 16.4. The van der Waals surface area contributed by atoms with Crippen molar-refractivity contribution in [2.75, 3.05) is 24.6 Å². The molecule has 0 aliphatic heterocycles. The Hall–Kier alpha value is -1.65. The molecule has 2 aromatic carbocycles. The summed E-state index contributed by atoms with van der Waals surface area (Å²) < 4.78 is 52.6. The molecule has 0 aliphatic rings. The first-order valence-corrected chi connectivity index (χ1v) is 10.8. The van der Waals surface area contributed by atoms with E-state index >= 15 is 0 Å². The van der Waals surface area contributed by atoms with E-state index in [0.29, 0.717) is 12.1 Å². The number of hydrogen-bond donors (Lipinski definition) is 3. The summed E-state index contributed by atoms with van der Waals surface area (Å²) in [6, 6.07) is 15.0. The lowest BCUT2D eigenvalue weighted by Gasteiger charge is -2.09. The first-order valence-electron chi connectivity index (χ1n) is 7.65. The van der Waals surface area contributed by atoms with Crippen molar-refractivity contribution in [1.82, 2.24) is 9.44 Å². The Kier molecular flexibility index (Phi) is 8.51. The summed E-state index contributed by atoms with van der Waals surface area (Å²) >= 11 is 0. The van der Waals surface area contributed by atoms with Gasteiger partial charge in [-0.05, 0) is 36.2 Å². The quantitative estimate of drug-likeness (QED) is 0.526. The molecule has 0 amide bonds. The van der Waals surface area contributed by atoms with Crippen LogP contribution in [0.3, 0.4) is 0 Å². The molecular weight excluding hydrogens is 398 g/mol. The van der Waals surface area contributed by atoms with Crippen LogP contribution in [0, 0.1) is 0 Å². The van der Waals surface area contributed by atoms with E-state index in [-0.39, 0.29) is 36.1 Å². The maximum Gasteiger partial charge on any atom is 0.240 e. The van der Waals surface area contributed by atoms with Crippen molar-refractivity contribution in [1.29, 1.82) is 0 Å². The fraction of sp³-hybridized carbons (Fsp3) is 0.250. The van der Waals surface area contributed by atoms with Crippen molar-refractivity contribution in [2.24, 2.45) is 0 Å². The normalized spacial score (nSPS) is 11.7. The van der Waals surface area contributed by atoms with E-state index in [1.165, 1.54) is 12.1 Å². The highest BCUT2D eigenvalue weighted by Crippen LogP contribution is 2.07. The Bertz CT molecular complexity index is 887. The maximum atomic E-state index is 12.0. The Labute approximate surface area is 160 Å². The molecule has 144 valence electrons. The van der Waals surface area contributed by atoms with Crippen LogP contribution in [0.25, 0.3) is 0 Å². The molecule has 0 fully saturated rings. The molecule has 0 aromatic heterocycles. The molecule has 0 aliphatic carbocycles. The number of hydrogen-bond acceptors (Lipinski definition) is 5. The second-order valence-corrected chi connectivity index (χ2v) is 9.11. The van der Waals surface area contributed by atoms with Gasteiger partial charge in [0.2, 0.25) is 20.0 Å². The minimum atomic E-state index is -3.70. The zero-order chi connectivity index (χ0) is 18.3. The second-order valence-electron chi connectivity index (χ2n) is 5.42. The van der Waals surface area contributed by atoms with Gasteiger partial charge in [-0.3, -0.25) is 0 Å². The van der Waals surface area contributed by atoms with Crippen molar-refractivity contribution >= 4 is 38.1 Å². The minimum Gasteiger partial charge on any atom is -0.399 e. The molecule has 0 saturated carbocycles. The van der Waals surface area contributed by atoms with E-state index in [1.807, 2.05) is 12.1 Å². The second kappa shape index (κ2) is 9.89. The lowest BCUT2D eigenvalue weighted by molar-refractivity contribution is 0.575. The average Bonchev–Trinajstić information content (AvgIpc) is 2.57. The number of halogens is 1. The Morgan fingerprint density at radius 1 is 0.808 bits per heavy atom. The van der Waals surface area contributed by atoms with Gasteiger partial charge in [-0.25, -0.2) is 26.3 Å². The van der Waals surface area contributed by atoms with Gasteiger partial charge >= 0.3 is 0 Å². The van der Waals surface area contributed by atoms with Crippen LogP contribution in [0.1, 0.15) is 5.56 Å². The summed E-state index contributed by atoms with van der Waals surface area (Å²) in [4.78, 5) is 0.101. The number of nitrogens with two attached hydrogens (primary N) is 1. The van der Waals surface area contributed by atoms with Crippen LogP contribution in [0.15, 0.2) is 59.5 Å². The van der Waals surface area contributed by atoms with Crippen LogP contribution in [0.4, 0.5) is 5.69 Å². The maximum absolute atomic E-state index is 12.0. The Morgan fingerprint density at radius 2 is 1.42 bits per heavy atom. The van der Waals surface area contributed by atoms with Gasteiger partial charge in [0.15, 0.2) is 0 Å². The van der Waals surface area contributed by atoms with E-state index in [9.17, 15) is 16.8 Å². The van der Waals surface area contributed by atoms with E-state index in [2.05, 4.69) is 9.44 Å². The van der Waals surface area contributed by atoms with Gasteiger partial charge in [0, 0.05) is 18.8 Å². The van der Waals surface area contributed by atoms with Gasteiger partial charge in [0.1, 0.15) is 0 Å². The summed E-state index contributed by atoms with van der Waals surface area (Å²) in [5.41, 5.74) is 7.20. The summed E-state index contributed by atoms with van der Waals surface area (Å²) in [6.07, 6.45) is 0.523. The molecule has 2 aromatic rings.